The lowest BCUT2D eigenvalue weighted by molar-refractivity contribution is -0.384. The summed E-state index contributed by atoms with van der Waals surface area (Å²) in [6, 6.07) is 10.8. The summed E-state index contributed by atoms with van der Waals surface area (Å²) in [7, 11) is 0. The van der Waals surface area contributed by atoms with Gasteiger partial charge in [0, 0.05) is 28.8 Å². The number of hydrogen-bond donors (Lipinski definition) is 1. The number of thioether (sulfide) groups is 1. The predicted molar refractivity (Wildman–Crippen MR) is 80.2 cm³/mol. The Bertz CT molecular complexity index is 688. The maximum absolute atomic E-state index is 10.7. The van der Waals surface area contributed by atoms with Crippen molar-refractivity contribution in [3.05, 3.63) is 68.3 Å². The van der Waals surface area contributed by atoms with Crippen LogP contribution in [-0.2, 0) is 5.75 Å². The van der Waals surface area contributed by atoms with Gasteiger partial charge < -0.3 is 5.73 Å². The van der Waals surface area contributed by atoms with Crippen molar-refractivity contribution in [2.45, 2.75) is 10.6 Å². The zero-order valence-corrected chi connectivity index (χ0v) is 11.6. The van der Waals surface area contributed by atoms with Gasteiger partial charge in [-0.1, -0.05) is 6.07 Å². The molecule has 0 aliphatic rings. The Morgan fingerprint density at radius 2 is 1.67 bits per heavy atom. The number of nitrogens with two attached hydrogens (primary N) is 1. The Morgan fingerprint density at radius 1 is 1.00 bits per heavy atom. The molecule has 0 bridgehead atoms. The first kappa shape index (κ1) is 14.8. The molecule has 21 heavy (non-hydrogen) atoms. The molecule has 0 atom stereocenters. The summed E-state index contributed by atoms with van der Waals surface area (Å²) in [6.45, 7) is 0. The number of nitro groups is 2. The summed E-state index contributed by atoms with van der Waals surface area (Å²) in [5, 5.41) is 21.2. The summed E-state index contributed by atoms with van der Waals surface area (Å²) in [4.78, 5) is 21.1. The quantitative estimate of drug-likeness (QED) is 0.392. The van der Waals surface area contributed by atoms with Crippen molar-refractivity contribution < 1.29 is 9.85 Å². The molecule has 7 nitrogen and oxygen atoms in total. The van der Waals surface area contributed by atoms with E-state index in [1.807, 2.05) is 0 Å². The SMILES string of the molecule is Nc1cc(CSc2ccc([N+](=O)[O-])cc2)ccc1[N+](=O)[O-]. The van der Waals surface area contributed by atoms with Crippen LogP contribution in [0.2, 0.25) is 0 Å². The summed E-state index contributed by atoms with van der Waals surface area (Å²) in [6.07, 6.45) is 0. The molecule has 0 aliphatic heterocycles. The third-order valence-corrected chi connectivity index (χ3v) is 3.82. The molecule has 0 fully saturated rings. The average Bonchev–Trinajstić information content (AvgIpc) is 2.45. The zero-order valence-electron chi connectivity index (χ0n) is 10.8. The highest BCUT2D eigenvalue weighted by molar-refractivity contribution is 7.98. The molecule has 0 aromatic heterocycles. The number of benzene rings is 2. The van der Waals surface area contributed by atoms with E-state index in [4.69, 9.17) is 5.73 Å². The van der Waals surface area contributed by atoms with Gasteiger partial charge in [0.05, 0.1) is 9.85 Å². The van der Waals surface area contributed by atoms with E-state index in [0.29, 0.717) is 5.75 Å². The molecule has 0 saturated heterocycles. The van der Waals surface area contributed by atoms with Crippen LogP contribution in [-0.4, -0.2) is 9.85 Å². The van der Waals surface area contributed by atoms with Crippen LogP contribution in [0.3, 0.4) is 0 Å². The zero-order chi connectivity index (χ0) is 15.4. The number of anilines is 1. The normalized spacial score (nSPS) is 10.3. The number of non-ortho nitro benzene ring substituents is 1. The molecule has 8 heteroatoms. The van der Waals surface area contributed by atoms with Crippen LogP contribution in [0, 0.1) is 20.2 Å². The highest BCUT2D eigenvalue weighted by Gasteiger charge is 2.11. The van der Waals surface area contributed by atoms with E-state index in [-0.39, 0.29) is 17.1 Å². The Hall–Kier alpha value is -2.61. The molecule has 2 N–H and O–H groups in total. The van der Waals surface area contributed by atoms with Gasteiger partial charge in [-0.3, -0.25) is 20.2 Å². The molecular weight excluding hydrogens is 294 g/mol. The van der Waals surface area contributed by atoms with Crippen molar-refractivity contribution >= 4 is 28.8 Å². The first-order valence-corrected chi connectivity index (χ1v) is 6.86. The summed E-state index contributed by atoms with van der Waals surface area (Å²) >= 11 is 1.47. The molecule has 0 saturated carbocycles. The fourth-order valence-corrected chi connectivity index (χ4v) is 2.53. The summed E-state index contributed by atoms with van der Waals surface area (Å²) in [5.74, 6) is 0.569. The van der Waals surface area contributed by atoms with Crippen molar-refractivity contribution in [3.63, 3.8) is 0 Å². The van der Waals surface area contributed by atoms with Gasteiger partial charge >= 0.3 is 0 Å². The molecule has 0 radical (unpaired) electrons. The average molecular weight is 305 g/mol. The molecule has 2 aromatic rings. The fourth-order valence-electron chi connectivity index (χ4n) is 1.69. The van der Waals surface area contributed by atoms with E-state index in [2.05, 4.69) is 0 Å². The van der Waals surface area contributed by atoms with E-state index in [9.17, 15) is 20.2 Å². The summed E-state index contributed by atoms with van der Waals surface area (Å²) < 4.78 is 0. The largest absolute Gasteiger partial charge is 0.393 e. The van der Waals surface area contributed by atoms with Crippen LogP contribution < -0.4 is 5.73 Å². The summed E-state index contributed by atoms with van der Waals surface area (Å²) in [5.41, 5.74) is 6.52. The van der Waals surface area contributed by atoms with Gasteiger partial charge in [0.15, 0.2) is 0 Å². The fraction of sp³-hybridized carbons (Fsp3) is 0.0769. The van der Waals surface area contributed by atoms with Crippen molar-refractivity contribution in [3.8, 4) is 0 Å². The molecule has 0 spiro atoms. The van der Waals surface area contributed by atoms with Gasteiger partial charge in [-0.2, -0.15) is 0 Å². The van der Waals surface area contributed by atoms with Gasteiger partial charge in [0.2, 0.25) is 0 Å². The minimum Gasteiger partial charge on any atom is -0.393 e. The lowest BCUT2D eigenvalue weighted by Crippen LogP contribution is -1.96. The van der Waals surface area contributed by atoms with Gasteiger partial charge in [-0.25, -0.2) is 0 Å². The van der Waals surface area contributed by atoms with E-state index >= 15 is 0 Å². The van der Waals surface area contributed by atoms with Crippen molar-refractivity contribution in [1.29, 1.82) is 0 Å². The highest BCUT2D eigenvalue weighted by Crippen LogP contribution is 2.28. The molecule has 2 aromatic carbocycles. The maximum Gasteiger partial charge on any atom is 0.292 e. The van der Waals surface area contributed by atoms with Crippen LogP contribution in [0.25, 0.3) is 0 Å². The number of hydrogen-bond acceptors (Lipinski definition) is 6. The van der Waals surface area contributed by atoms with Gasteiger partial charge in [0.1, 0.15) is 5.69 Å². The van der Waals surface area contributed by atoms with Crippen molar-refractivity contribution in [2.75, 3.05) is 5.73 Å². The van der Waals surface area contributed by atoms with Gasteiger partial charge in [0.25, 0.3) is 11.4 Å². The van der Waals surface area contributed by atoms with Crippen LogP contribution in [0.5, 0.6) is 0 Å². The molecule has 0 aliphatic carbocycles. The predicted octanol–water partition coefficient (Wildman–Crippen LogP) is 3.38. The lowest BCUT2D eigenvalue weighted by Gasteiger charge is -2.04. The molecule has 0 unspecified atom stereocenters. The first-order valence-electron chi connectivity index (χ1n) is 5.87. The van der Waals surface area contributed by atoms with Crippen LogP contribution in [0.4, 0.5) is 17.1 Å². The second kappa shape index (κ2) is 6.23. The number of rotatable bonds is 5. The molecular formula is C13H11N3O4S. The number of nitro benzene ring substituents is 2. The smallest absolute Gasteiger partial charge is 0.292 e. The minimum atomic E-state index is -0.525. The van der Waals surface area contributed by atoms with Crippen LogP contribution in [0.1, 0.15) is 5.56 Å². The van der Waals surface area contributed by atoms with Crippen molar-refractivity contribution in [2.24, 2.45) is 0 Å². The van der Waals surface area contributed by atoms with E-state index in [1.54, 1.807) is 24.3 Å². The van der Waals surface area contributed by atoms with Gasteiger partial charge in [-0.15, -0.1) is 11.8 Å². The monoisotopic (exact) mass is 305 g/mol. The third kappa shape index (κ3) is 3.69. The van der Waals surface area contributed by atoms with Crippen LogP contribution >= 0.6 is 11.8 Å². The lowest BCUT2D eigenvalue weighted by atomic mass is 10.2. The molecule has 2 rings (SSSR count). The Labute approximate surface area is 124 Å². The topological polar surface area (TPSA) is 112 Å². The van der Waals surface area contributed by atoms with Crippen LogP contribution in [0.15, 0.2) is 47.4 Å². The van der Waals surface area contributed by atoms with Gasteiger partial charge in [-0.05, 0) is 23.8 Å². The van der Waals surface area contributed by atoms with E-state index in [1.165, 1.54) is 30.0 Å². The third-order valence-electron chi connectivity index (χ3n) is 2.74. The minimum absolute atomic E-state index is 0.0407. The maximum atomic E-state index is 10.7. The Balaban J connectivity index is 2.04. The molecule has 108 valence electrons. The Kier molecular flexibility index (Phi) is 4.39. The highest BCUT2D eigenvalue weighted by atomic mass is 32.2. The number of nitrogen functional groups attached to an aromatic ring is 1. The second-order valence-electron chi connectivity index (χ2n) is 4.19. The molecule has 0 amide bonds. The first-order chi connectivity index (χ1) is 9.97. The Morgan fingerprint density at radius 3 is 2.19 bits per heavy atom. The second-order valence-corrected chi connectivity index (χ2v) is 5.24. The number of nitrogens with zero attached hydrogens (tertiary/aromatic N) is 2. The van der Waals surface area contributed by atoms with E-state index < -0.39 is 9.85 Å². The molecule has 0 heterocycles. The van der Waals surface area contributed by atoms with E-state index in [0.717, 1.165) is 10.5 Å². The van der Waals surface area contributed by atoms with Crippen molar-refractivity contribution in [1.82, 2.24) is 0 Å². The standard InChI is InChI=1S/C13H11N3O4S/c14-12-7-9(1-6-13(12)16(19)20)8-21-11-4-2-10(3-5-11)15(17)18/h1-7H,8,14H2.